The van der Waals surface area contributed by atoms with Crippen molar-refractivity contribution in [2.45, 2.75) is 19.3 Å². The first-order valence-electron chi connectivity index (χ1n) is 9.72. The van der Waals surface area contributed by atoms with Crippen molar-refractivity contribution in [3.8, 4) is 5.69 Å². The van der Waals surface area contributed by atoms with Crippen LogP contribution in [0, 0.1) is 16.0 Å². The summed E-state index contributed by atoms with van der Waals surface area (Å²) in [6.07, 6.45) is 7.60. The fraction of sp³-hybridized carbons (Fsp3) is 0.273. The number of carbonyl (C=O) groups is 1. The molecule has 0 saturated carbocycles. The number of benzene rings is 2. The van der Waals surface area contributed by atoms with Crippen LogP contribution in [0.3, 0.4) is 0 Å². The van der Waals surface area contributed by atoms with E-state index < -0.39 is 4.92 Å². The van der Waals surface area contributed by atoms with Gasteiger partial charge in [-0.15, -0.1) is 0 Å². The lowest BCUT2D eigenvalue weighted by Crippen LogP contribution is -2.38. The molecule has 0 atom stereocenters. The second-order valence-corrected chi connectivity index (χ2v) is 7.36. The Bertz CT molecular complexity index is 994. The van der Waals surface area contributed by atoms with Crippen molar-refractivity contribution in [3.63, 3.8) is 0 Å². The molecule has 2 heterocycles. The van der Waals surface area contributed by atoms with Gasteiger partial charge in [0.05, 0.1) is 11.3 Å². The van der Waals surface area contributed by atoms with Crippen LogP contribution in [-0.2, 0) is 6.42 Å². The highest BCUT2D eigenvalue weighted by Gasteiger charge is 2.26. The van der Waals surface area contributed by atoms with Crippen molar-refractivity contribution >= 4 is 11.6 Å². The van der Waals surface area contributed by atoms with Crippen LogP contribution in [0.5, 0.6) is 0 Å². The van der Waals surface area contributed by atoms with Crippen molar-refractivity contribution in [2.24, 2.45) is 5.92 Å². The molecular formula is C22H22N4O3. The highest BCUT2D eigenvalue weighted by Crippen LogP contribution is 2.27. The molecule has 0 radical (unpaired) electrons. The summed E-state index contributed by atoms with van der Waals surface area (Å²) in [5.74, 6) is 0.405. The lowest BCUT2D eigenvalue weighted by Gasteiger charge is -2.32. The highest BCUT2D eigenvalue weighted by molar-refractivity contribution is 5.95. The first kappa shape index (κ1) is 18.9. The van der Waals surface area contributed by atoms with Crippen LogP contribution in [0.1, 0.15) is 28.8 Å². The summed E-state index contributed by atoms with van der Waals surface area (Å²) in [7, 11) is 0. The number of nitrogens with zero attached hydrogens (tertiary/aromatic N) is 4. The molecule has 0 spiro atoms. The van der Waals surface area contributed by atoms with Gasteiger partial charge in [-0.1, -0.05) is 30.3 Å². The van der Waals surface area contributed by atoms with Gasteiger partial charge >= 0.3 is 0 Å². The van der Waals surface area contributed by atoms with Crippen LogP contribution in [0.2, 0.25) is 0 Å². The Morgan fingerprint density at radius 3 is 2.55 bits per heavy atom. The summed E-state index contributed by atoms with van der Waals surface area (Å²) < 4.78 is 1.57. The zero-order valence-electron chi connectivity index (χ0n) is 16.0. The number of piperidine rings is 1. The topological polar surface area (TPSA) is 81.3 Å². The van der Waals surface area contributed by atoms with Gasteiger partial charge in [0.1, 0.15) is 5.69 Å². The van der Waals surface area contributed by atoms with Crippen LogP contribution in [0.15, 0.2) is 67.3 Å². The van der Waals surface area contributed by atoms with E-state index in [0.29, 0.717) is 30.3 Å². The molecule has 4 rings (SSSR count). The molecule has 0 N–H and O–H groups in total. The van der Waals surface area contributed by atoms with Gasteiger partial charge in [-0.3, -0.25) is 14.9 Å². The van der Waals surface area contributed by atoms with Crippen LogP contribution < -0.4 is 0 Å². The average Bonchev–Trinajstić information content (AvgIpc) is 3.29. The summed E-state index contributed by atoms with van der Waals surface area (Å²) in [5.41, 5.74) is 1.96. The van der Waals surface area contributed by atoms with E-state index in [1.165, 1.54) is 18.0 Å². The number of carbonyl (C=O) groups excluding carboxylic acids is 1. The molecule has 1 fully saturated rings. The van der Waals surface area contributed by atoms with Gasteiger partial charge in [-0.05, 0) is 42.9 Å². The number of aromatic nitrogens is 2. The molecular weight excluding hydrogens is 368 g/mol. The number of hydrogen-bond acceptors (Lipinski definition) is 4. The molecule has 29 heavy (non-hydrogen) atoms. The van der Waals surface area contributed by atoms with Gasteiger partial charge in [-0.25, -0.2) is 4.98 Å². The fourth-order valence-electron chi connectivity index (χ4n) is 3.89. The lowest BCUT2D eigenvalue weighted by molar-refractivity contribution is -0.384. The second-order valence-electron chi connectivity index (χ2n) is 7.36. The number of hydrogen-bond donors (Lipinski definition) is 0. The predicted octanol–water partition coefficient (Wildman–Crippen LogP) is 3.88. The first-order valence-corrected chi connectivity index (χ1v) is 9.72. The normalized spacial score (nSPS) is 14.7. The first-order chi connectivity index (χ1) is 14.1. The smallest absolute Gasteiger partial charge is 0.294 e. The Hall–Kier alpha value is -3.48. The molecule has 2 aromatic carbocycles. The van der Waals surface area contributed by atoms with E-state index in [2.05, 4.69) is 17.1 Å². The predicted molar refractivity (Wildman–Crippen MR) is 109 cm³/mol. The van der Waals surface area contributed by atoms with E-state index in [0.717, 1.165) is 19.3 Å². The molecule has 1 amide bonds. The van der Waals surface area contributed by atoms with Gasteiger partial charge in [0.2, 0.25) is 0 Å². The standard InChI is InChI=1S/C22H22N4O3/c27-22(24-11-8-18(9-12-24)14-17-4-2-1-3-5-17)19-6-7-20(21(15-19)26(28)29)25-13-10-23-16-25/h1-7,10,13,15-16,18H,8-9,11-12,14H2. The van der Waals surface area contributed by atoms with E-state index in [1.807, 2.05) is 18.2 Å². The van der Waals surface area contributed by atoms with Crippen molar-refractivity contribution < 1.29 is 9.72 Å². The molecule has 3 aromatic rings. The lowest BCUT2D eigenvalue weighted by atomic mass is 9.90. The Labute approximate surface area is 168 Å². The summed E-state index contributed by atoms with van der Waals surface area (Å²) in [4.78, 5) is 29.7. The van der Waals surface area contributed by atoms with E-state index in [4.69, 9.17) is 0 Å². The maximum Gasteiger partial charge on any atom is 0.294 e. The van der Waals surface area contributed by atoms with Gasteiger partial charge in [-0.2, -0.15) is 0 Å². The molecule has 148 valence electrons. The van der Waals surface area contributed by atoms with Gasteiger partial charge < -0.3 is 9.47 Å². The minimum atomic E-state index is -0.460. The van der Waals surface area contributed by atoms with Gasteiger partial charge in [0, 0.05) is 37.1 Å². The third-order valence-electron chi connectivity index (χ3n) is 5.47. The summed E-state index contributed by atoms with van der Waals surface area (Å²) in [5, 5.41) is 11.5. The van der Waals surface area contributed by atoms with Crippen LogP contribution >= 0.6 is 0 Å². The number of nitro groups is 1. The minimum Gasteiger partial charge on any atom is -0.339 e. The van der Waals surface area contributed by atoms with Crippen LogP contribution in [-0.4, -0.2) is 38.4 Å². The van der Waals surface area contributed by atoms with Crippen LogP contribution in [0.4, 0.5) is 5.69 Å². The second kappa shape index (κ2) is 8.26. The molecule has 0 unspecified atom stereocenters. The highest BCUT2D eigenvalue weighted by atomic mass is 16.6. The monoisotopic (exact) mass is 390 g/mol. The molecule has 7 heteroatoms. The van der Waals surface area contributed by atoms with Crippen molar-refractivity contribution in [3.05, 3.63) is 88.5 Å². The van der Waals surface area contributed by atoms with E-state index >= 15 is 0 Å². The SMILES string of the molecule is O=C(c1ccc(-n2ccnc2)c([N+](=O)[O-])c1)N1CCC(Cc2ccccc2)CC1. The maximum absolute atomic E-state index is 12.9. The quantitative estimate of drug-likeness (QED) is 0.489. The Morgan fingerprint density at radius 1 is 1.14 bits per heavy atom. The number of nitro benzene ring substituents is 1. The maximum atomic E-state index is 12.9. The van der Waals surface area contributed by atoms with E-state index in [1.54, 1.807) is 34.0 Å². The van der Waals surface area contributed by atoms with Crippen molar-refractivity contribution in [1.29, 1.82) is 0 Å². The number of likely N-dealkylation sites (tertiary alicyclic amines) is 1. The number of amides is 1. The summed E-state index contributed by atoms with van der Waals surface area (Å²) in [6.45, 7) is 1.35. The van der Waals surface area contributed by atoms with Crippen LogP contribution in [0.25, 0.3) is 5.69 Å². The summed E-state index contributed by atoms with van der Waals surface area (Å²) >= 11 is 0. The van der Waals surface area contributed by atoms with Crippen molar-refractivity contribution in [1.82, 2.24) is 14.5 Å². The fourth-order valence-corrected chi connectivity index (χ4v) is 3.89. The zero-order chi connectivity index (χ0) is 20.2. The molecule has 7 nitrogen and oxygen atoms in total. The Balaban J connectivity index is 1.45. The summed E-state index contributed by atoms with van der Waals surface area (Å²) in [6, 6.07) is 15.0. The van der Waals surface area contributed by atoms with Gasteiger partial charge in [0.25, 0.3) is 11.6 Å². The number of rotatable bonds is 5. The molecule has 0 bridgehead atoms. The van der Waals surface area contributed by atoms with Crippen molar-refractivity contribution in [2.75, 3.05) is 13.1 Å². The Morgan fingerprint density at radius 2 is 1.90 bits per heavy atom. The molecule has 0 aliphatic carbocycles. The molecule has 1 saturated heterocycles. The van der Waals surface area contributed by atoms with E-state index in [-0.39, 0.29) is 11.6 Å². The molecule has 1 aliphatic rings. The average molecular weight is 390 g/mol. The van der Waals surface area contributed by atoms with E-state index in [9.17, 15) is 14.9 Å². The largest absolute Gasteiger partial charge is 0.339 e. The zero-order valence-corrected chi connectivity index (χ0v) is 16.0. The molecule has 1 aromatic heterocycles. The minimum absolute atomic E-state index is 0.104. The number of imidazole rings is 1. The molecule has 1 aliphatic heterocycles. The third-order valence-corrected chi connectivity index (χ3v) is 5.47. The Kier molecular flexibility index (Phi) is 5.37. The third kappa shape index (κ3) is 4.18. The van der Waals surface area contributed by atoms with Gasteiger partial charge in [0.15, 0.2) is 0 Å².